The molecule has 0 aromatic heterocycles. The average molecular weight is 535 g/mol. The molecule has 1 aliphatic carbocycles. The van der Waals surface area contributed by atoms with Crippen molar-refractivity contribution in [1.82, 2.24) is 4.90 Å². The largest absolute Gasteiger partial charge is 0.465 e. The zero-order valence-corrected chi connectivity index (χ0v) is 20.9. The summed E-state index contributed by atoms with van der Waals surface area (Å²) in [5.41, 5.74) is -1.68. The number of nitrogens with zero attached hydrogens (tertiary/aromatic N) is 2. The maximum Gasteiger partial charge on any atom is 0.415 e. The van der Waals surface area contributed by atoms with Crippen molar-refractivity contribution in [2.75, 3.05) is 20.0 Å². The van der Waals surface area contributed by atoms with Gasteiger partial charge in [-0.3, -0.25) is 0 Å². The highest BCUT2D eigenvalue weighted by atomic mass is 79.9. The van der Waals surface area contributed by atoms with Gasteiger partial charge in [-0.15, -0.1) is 0 Å². The SMILES string of the molecule is C[Si](C)(C)CCOCN(C(=O)O)C1=N[C@](CF)(c2cc(Br)ccc2F)[C@@H]2C[C@]2(C=O)S1. The number of thioether (sulfide) groups is 1. The van der Waals surface area contributed by atoms with Crippen molar-refractivity contribution in [3.05, 3.63) is 34.1 Å². The molecule has 170 valence electrons. The Morgan fingerprint density at radius 1 is 1.48 bits per heavy atom. The van der Waals surface area contributed by atoms with Crippen LogP contribution in [0.1, 0.15) is 12.0 Å². The summed E-state index contributed by atoms with van der Waals surface area (Å²) in [7, 11) is -1.37. The lowest BCUT2D eigenvalue weighted by Crippen LogP contribution is -2.45. The van der Waals surface area contributed by atoms with Gasteiger partial charge in [0.2, 0.25) is 0 Å². The minimum atomic E-state index is -1.68. The number of amides is 1. The Balaban J connectivity index is 1.98. The lowest BCUT2D eigenvalue weighted by molar-refractivity contribution is -0.108. The fourth-order valence-electron chi connectivity index (χ4n) is 3.66. The van der Waals surface area contributed by atoms with Crippen molar-refractivity contribution >= 4 is 53.3 Å². The van der Waals surface area contributed by atoms with Crippen LogP contribution < -0.4 is 0 Å². The standard InChI is InChI=1S/C20H25BrF2N2O4SSi/c1-31(2,3)7-6-29-12-25(18(27)28)17-24-20(10-22,16-9-19(16,11-26)30-17)14-8-13(21)4-5-15(14)23/h4-5,8,11,16H,6-7,9-10,12H2,1-3H3,(H,27,28)/t16-,19-,20-/m1/s1. The molecular weight excluding hydrogens is 510 g/mol. The summed E-state index contributed by atoms with van der Waals surface area (Å²) >= 11 is 4.26. The zero-order chi connectivity index (χ0) is 23.0. The molecule has 11 heteroatoms. The fourth-order valence-corrected chi connectivity index (χ4v) is 6.20. The molecule has 1 amide bonds. The lowest BCUT2D eigenvalue weighted by Gasteiger charge is -2.36. The van der Waals surface area contributed by atoms with E-state index in [1.165, 1.54) is 18.2 Å². The minimum absolute atomic E-state index is 0.000824. The molecule has 1 N–H and O–H groups in total. The van der Waals surface area contributed by atoms with E-state index in [2.05, 4.69) is 40.6 Å². The Morgan fingerprint density at radius 3 is 2.77 bits per heavy atom. The van der Waals surface area contributed by atoms with Crippen LogP contribution in [0.2, 0.25) is 25.7 Å². The van der Waals surface area contributed by atoms with Crippen LogP contribution in [0.3, 0.4) is 0 Å². The summed E-state index contributed by atoms with van der Waals surface area (Å²) in [5.74, 6) is -1.22. The molecule has 0 bridgehead atoms. The topological polar surface area (TPSA) is 79.2 Å². The predicted molar refractivity (Wildman–Crippen MR) is 123 cm³/mol. The predicted octanol–water partition coefficient (Wildman–Crippen LogP) is 5.11. The third kappa shape index (κ3) is 4.89. The van der Waals surface area contributed by atoms with Gasteiger partial charge in [0.25, 0.3) is 0 Å². The zero-order valence-electron chi connectivity index (χ0n) is 17.5. The van der Waals surface area contributed by atoms with Gasteiger partial charge in [0.15, 0.2) is 5.17 Å². The number of amidine groups is 1. The second-order valence-corrected chi connectivity index (χ2v) is 16.9. The lowest BCUT2D eigenvalue weighted by atomic mass is 9.85. The summed E-state index contributed by atoms with van der Waals surface area (Å²) < 4.78 is 34.4. The fraction of sp³-hybridized carbons (Fsp3) is 0.550. The highest BCUT2D eigenvalue weighted by molar-refractivity contribution is 9.10. The molecule has 0 saturated heterocycles. The molecule has 1 aliphatic heterocycles. The quantitative estimate of drug-likeness (QED) is 0.217. The van der Waals surface area contributed by atoms with Gasteiger partial charge < -0.3 is 14.6 Å². The summed E-state index contributed by atoms with van der Waals surface area (Å²) in [6.45, 7) is 5.55. The van der Waals surface area contributed by atoms with Crippen molar-refractivity contribution in [2.24, 2.45) is 10.9 Å². The normalized spacial score (nSPS) is 27.3. The highest BCUT2D eigenvalue weighted by Gasteiger charge is 2.69. The van der Waals surface area contributed by atoms with E-state index in [0.717, 1.165) is 22.7 Å². The van der Waals surface area contributed by atoms with Gasteiger partial charge in [-0.25, -0.2) is 23.5 Å². The van der Waals surface area contributed by atoms with Crippen LogP contribution in [0.15, 0.2) is 27.7 Å². The second kappa shape index (κ2) is 8.91. The summed E-state index contributed by atoms with van der Waals surface area (Å²) in [6, 6.07) is 4.98. The number of fused-ring (bicyclic) bond motifs is 1. The van der Waals surface area contributed by atoms with E-state index in [1.807, 2.05) is 0 Å². The van der Waals surface area contributed by atoms with E-state index in [0.29, 0.717) is 17.4 Å². The van der Waals surface area contributed by atoms with E-state index < -0.39 is 42.9 Å². The molecule has 1 saturated carbocycles. The third-order valence-electron chi connectivity index (χ3n) is 5.58. The number of rotatable bonds is 8. The second-order valence-electron chi connectivity index (χ2n) is 9.07. The van der Waals surface area contributed by atoms with Crippen molar-refractivity contribution < 1.29 is 28.2 Å². The van der Waals surface area contributed by atoms with Crippen LogP contribution >= 0.6 is 27.7 Å². The molecule has 0 unspecified atom stereocenters. The van der Waals surface area contributed by atoms with Crippen LogP contribution in [0, 0.1) is 11.7 Å². The molecule has 1 heterocycles. The molecule has 1 aromatic carbocycles. The van der Waals surface area contributed by atoms with Crippen LogP contribution in [0.4, 0.5) is 13.6 Å². The first-order valence-electron chi connectivity index (χ1n) is 9.83. The molecule has 6 nitrogen and oxygen atoms in total. The third-order valence-corrected chi connectivity index (χ3v) is 9.20. The molecule has 1 fully saturated rings. The highest BCUT2D eigenvalue weighted by Crippen LogP contribution is 2.65. The number of benzene rings is 1. The first kappa shape index (κ1) is 24.3. The molecule has 31 heavy (non-hydrogen) atoms. The van der Waals surface area contributed by atoms with E-state index in [9.17, 15) is 23.5 Å². The number of carboxylic acid groups (broad SMARTS) is 1. The molecule has 3 atom stereocenters. The van der Waals surface area contributed by atoms with Gasteiger partial charge in [-0.05, 0) is 30.7 Å². The summed E-state index contributed by atoms with van der Waals surface area (Å²) in [4.78, 5) is 29.2. The molecule has 0 radical (unpaired) electrons. The van der Waals surface area contributed by atoms with Gasteiger partial charge in [-0.2, -0.15) is 0 Å². The van der Waals surface area contributed by atoms with Crippen molar-refractivity contribution in [3.63, 3.8) is 0 Å². The smallest absolute Gasteiger partial charge is 0.415 e. The Kier molecular flexibility index (Phi) is 7.00. The summed E-state index contributed by atoms with van der Waals surface area (Å²) in [5, 5.41) is 9.69. The molecular formula is C20H25BrF2N2O4SSi. The number of alkyl halides is 1. The van der Waals surface area contributed by atoms with Crippen molar-refractivity contribution in [3.8, 4) is 0 Å². The number of hydrogen-bond donors (Lipinski definition) is 1. The number of carbonyl (C=O) groups excluding carboxylic acids is 1. The molecule has 1 aromatic rings. The van der Waals surface area contributed by atoms with E-state index in [4.69, 9.17) is 4.74 Å². The first-order chi connectivity index (χ1) is 14.5. The Bertz CT molecular complexity index is 916. The minimum Gasteiger partial charge on any atom is -0.465 e. The maximum atomic E-state index is 14.8. The summed E-state index contributed by atoms with van der Waals surface area (Å²) in [6.07, 6.45) is -0.348. The number of carbonyl (C=O) groups is 2. The van der Waals surface area contributed by atoms with Crippen LogP contribution in [0.25, 0.3) is 0 Å². The Labute approximate surface area is 193 Å². The van der Waals surface area contributed by atoms with Gasteiger partial charge in [0.05, 0.1) is 4.75 Å². The maximum absolute atomic E-state index is 14.8. The molecule has 2 aliphatic rings. The monoisotopic (exact) mass is 534 g/mol. The van der Waals surface area contributed by atoms with Gasteiger partial charge in [0.1, 0.15) is 31.0 Å². The van der Waals surface area contributed by atoms with E-state index in [-0.39, 0.29) is 23.9 Å². The van der Waals surface area contributed by atoms with E-state index in [1.54, 1.807) is 0 Å². The number of hydrogen-bond acceptors (Lipinski definition) is 5. The Hall–Kier alpha value is -1.30. The molecule has 0 spiro atoms. The first-order valence-corrected chi connectivity index (χ1v) is 15.1. The van der Waals surface area contributed by atoms with Crippen molar-refractivity contribution in [2.45, 2.75) is 42.4 Å². The van der Waals surface area contributed by atoms with Crippen LogP contribution in [0.5, 0.6) is 0 Å². The van der Waals surface area contributed by atoms with Crippen LogP contribution in [-0.4, -0.2) is 60.4 Å². The Morgan fingerprint density at radius 2 is 2.19 bits per heavy atom. The van der Waals surface area contributed by atoms with E-state index >= 15 is 0 Å². The van der Waals surface area contributed by atoms with Gasteiger partial charge in [-0.1, -0.05) is 47.3 Å². The van der Waals surface area contributed by atoms with Crippen LogP contribution in [-0.2, 0) is 15.1 Å². The number of aldehydes is 1. The van der Waals surface area contributed by atoms with Gasteiger partial charge >= 0.3 is 6.09 Å². The van der Waals surface area contributed by atoms with Crippen molar-refractivity contribution in [1.29, 1.82) is 0 Å². The van der Waals surface area contributed by atoms with Gasteiger partial charge in [0, 0.05) is 30.6 Å². The number of ether oxygens (including phenoxy) is 1. The molecule has 3 rings (SSSR count). The number of aliphatic imine (C=N–C) groups is 1. The number of halogens is 3. The average Bonchev–Trinajstić information content (AvgIpc) is 3.43.